The lowest BCUT2D eigenvalue weighted by Crippen LogP contribution is -2.57. The molecule has 6 heteroatoms. The number of piperidine rings is 1. The number of aromatic amines is 1. The Bertz CT molecular complexity index is 880. The van der Waals surface area contributed by atoms with Crippen LogP contribution in [-0.4, -0.2) is 68.7 Å². The van der Waals surface area contributed by atoms with Crippen LogP contribution in [0.5, 0.6) is 11.5 Å². The van der Waals surface area contributed by atoms with Crippen molar-refractivity contribution in [3.8, 4) is 11.5 Å². The molecular formula is C24H36N2O4. The van der Waals surface area contributed by atoms with Crippen molar-refractivity contribution < 1.29 is 19.3 Å². The van der Waals surface area contributed by atoms with Crippen LogP contribution in [0.25, 0.3) is 10.9 Å². The summed E-state index contributed by atoms with van der Waals surface area (Å²) < 4.78 is 16.3. The van der Waals surface area contributed by atoms with Crippen molar-refractivity contribution >= 4 is 10.9 Å². The molecule has 166 valence electrons. The monoisotopic (exact) mass is 416 g/mol. The molecule has 2 aliphatic rings. The first-order valence-electron chi connectivity index (χ1n) is 11.2. The molecule has 0 radical (unpaired) electrons. The van der Waals surface area contributed by atoms with Gasteiger partial charge in [0.05, 0.1) is 20.8 Å². The maximum absolute atomic E-state index is 10.8. The van der Waals surface area contributed by atoms with Gasteiger partial charge in [-0.05, 0) is 50.2 Å². The summed E-state index contributed by atoms with van der Waals surface area (Å²) in [6, 6.07) is 4.42. The molecular weight excluding hydrogens is 380 g/mol. The summed E-state index contributed by atoms with van der Waals surface area (Å²) in [5.74, 6) is 2.07. The molecule has 1 saturated heterocycles. The maximum atomic E-state index is 10.8. The number of aliphatic hydroxyl groups is 1. The number of nitrogens with zero attached hydrogens (tertiary/aromatic N) is 1. The lowest BCUT2D eigenvalue weighted by Gasteiger charge is -2.49. The number of nitrogens with one attached hydrogen (secondary N) is 1. The van der Waals surface area contributed by atoms with Crippen molar-refractivity contribution in [2.24, 2.45) is 5.92 Å². The van der Waals surface area contributed by atoms with Gasteiger partial charge in [-0.25, -0.2) is 0 Å². The van der Waals surface area contributed by atoms with Crippen LogP contribution < -0.4 is 9.47 Å². The van der Waals surface area contributed by atoms with E-state index in [0.29, 0.717) is 12.0 Å². The number of hydrogen-bond donors (Lipinski definition) is 2. The third-order valence-corrected chi connectivity index (χ3v) is 7.54. The van der Waals surface area contributed by atoms with Crippen molar-refractivity contribution in [1.82, 2.24) is 9.88 Å². The lowest BCUT2D eigenvalue weighted by atomic mass is 9.67. The van der Waals surface area contributed by atoms with Crippen molar-refractivity contribution in [3.05, 3.63) is 23.4 Å². The Morgan fingerprint density at radius 1 is 1.17 bits per heavy atom. The van der Waals surface area contributed by atoms with Gasteiger partial charge in [0.15, 0.2) is 11.5 Å². The first-order valence-corrected chi connectivity index (χ1v) is 11.2. The predicted molar refractivity (Wildman–Crippen MR) is 119 cm³/mol. The fourth-order valence-corrected chi connectivity index (χ4v) is 5.85. The number of ether oxygens (including phenoxy) is 3. The van der Waals surface area contributed by atoms with E-state index in [0.717, 1.165) is 56.0 Å². The second-order valence-electron chi connectivity index (χ2n) is 9.03. The Hall–Kier alpha value is -1.76. The van der Waals surface area contributed by atoms with Gasteiger partial charge in [0.25, 0.3) is 0 Å². The summed E-state index contributed by atoms with van der Waals surface area (Å²) in [6.45, 7) is 5.42. The summed E-state index contributed by atoms with van der Waals surface area (Å²) >= 11 is 0. The summed E-state index contributed by atoms with van der Waals surface area (Å²) in [7, 11) is 5.12. The highest BCUT2D eigenvalue weighted by Crippen LogP contribution is 2.48. The van der Waals surface area contributed by atoms with Crippen LogP contribution in [0.15, 0.2) is 12.1 Å². The topological polar surface area (TPSA) is 67.0 Å². The molecule has 2 N–H and O–H groups in total. The largest absolute Gasteiger partial charge is 0.493 e. The van der Waals surface area contributed by atoms with Gasteiger partial charge >= 0.3 is 0 Å². The SMILES string of the molecule is COCCCC[C@@H]1CN2CCc3c([nH]c4cc(OC)c(OC)cc34)C(CO)(C1)C2C. The molecule has 6 nitrogen and oxygen atoms in total. The van der Waals surface area contributed by atoms with Crippen molar-refractivity contribution in [2.75, 3.05) is 47.6 Å². The highest BCUT2D eigenvalue weighted by molar-refractivity contribution is 5.88. The molecule has 30 heavy (non-hydrogen) atoms. The van der Waals surface area contributed by atoms with E-state index in [1.54, 1.807) is 21.3 Å². The summed E-state index contributed by atoms with van der Waals surface area (Å²) in [4.78, 5) is 6.31. The van der Waals surface area contributed by atoms with Gasteiger partial charge < -0.3 is 24.3 Å². The van der Waals surface area contributed by atoms with Crippen LogP contribution in [-0.2, 0) is 16.6 Å². The van der Waals surface area contributed by atoms with Crippen LogP contribution in [0.1, 0.15) is 43.9 Å². The molecule has 1 fully saturated rings. The molecule has 0 aliphatic carbocycles. The fourth-order valence-electron chi connectivity index (χ4n) is 5.85. The second kappa shape index (κ2) is 8.77. The maximum Gasteiger partial charge on any atom is 0.162 e. The van der Waals surface area contributed by atoms with Crippen LogP contribution in [0.4, 0.5) is 0 Å². The Kier molecular flexibility index (Phi) is 6.28. The molecule has 1 aromatic carbocycles. The molecule has 2 bridgehead atoms. The molecule has 3 unspecified atom stereocenters. The highest BCUT2D eigenvalue weighted by Gasteiger charge is 2.49. The summed E-state index contributed by atoms with van der Waals surface area (Å²) in [5.41, 5.74) is 3.34. The number of fused-ring (bicyclic) bond motifs is 6. The Morgan fingerprint density at radius 3 is 2.63 bits per heavy atom. The van der Waals surface area contributed by atoms with Crippen LogP contribution in [0.2, 0.25) is 0 Å². The number of rotatable bonds is 8. The Labute approximate surface area is 179 Å². The van der Waals surface area contributed by atoms with E-state index in [9.17, 15) is 5.11 Å². The van der Waals surface area contributed by atoms with Gasteiger partial charge in [-0.2, -0.15) is 0 Å². The number of unbranched alkanes of at least 4 members (excludes halogenated alkanes) is 1. The average molecular weight is 417 g/mol. The number of hydrogen-bond acceptors (Lipinski definition) is 5. The zero-order chi connectivity index (χ0) is 21.3. The molecule has 0 amide bonds. The Balaban J connectivity index is 1.75. The second-order valence-corrected chi connectivity index (χ2v) is 9.03. The summed E-state index contributed by atoms with van der Waals surface area (Å²) in [6.07, 6.45) is 5.46. The predicted octanol–water partition coefficient (Wildman–Crippen LogP) is 3.50. The van der Waals surface area contributed by atoms with Gasteiger partial charge in [-0.15, -0.1) is 0 Å². The van der Waals surface area contributed by atoms with E-state index in [1.165, 1.54) is 29.5 Å². The molecule has 1 aromatic heterocycles. The number of aliphatic hydroxyl groups excluding tert-OH is 1. The zero-order valence-corrected chi connectivity index (χ0v) is 18.8. The van der Waals surface area contributed by atoms with E-state index in [-0.39, 0.29) is 12.0 Å². The molecule has 4 atom stereocenters. The standard InChI is InChI=1S/C24H36N2O4/c1-16-24(15-27)13-17(7-5-6-10-28-2)14-26(16)9-8-18-19-11-21(29-3)22(30-4)12-20(19)25-23(18)24/h11-12,16-17,25,27H,5-10,13-15H2,1-4H3/t16?,17-,24?/m0/s1. The van der Waals surface area contributed by atoms with Crippen LogP contribution in [0.3, 0.4) is 0 Å². The zero-order valence-electron chi connectivity index (χ0n) is 18.8. The molecule has 3 heterocycles. The fraction of sp³-hybridized carbons (Fsp3) is 0.667. The normalized spacial score (nSPS) is 28.2. The Morgan fingerprint density at radius 2 is 1.93 bits per heavy atom. The molecule has 4 rings (SSSR count). The van der Waals surface area contributed by atoms with Gasteiger partial charge in [0.2, 0.25) is 0 Å². The quantitative estimate of drug-likeness (QED) is 0.645. The summed E-state index contributed by atoms with van der Waals surface area (Å²) in [5, 5.41) is 12.0. The minimum atomic E-state index is -0.268. The number of methoxy groups -OCH3 is 3. The van der Waals surface area contributed by atoms with Crippen molar-refractivity contribution in [3.63, 3.8) is 0 Å². The first kappa shape index (κ1) is 21.5. The van der Waals surface area contributed by atoms with Gasteiger partial charge in [-0.3, -0.25) is 4.90 Å². The number of aromatic nitrogens is 1. The molecule has 2 aromatic rings. The highest BCUT2D eigenvalue weighted by atomic mass is 16.5. The van der Waals surface area contributed by atoms with Crippen molar-refractivity contribution in [2.45, 2.75) is 50.5 Å². The van der Waals surface area contributed by atoms with Gasteiger partial charge in [0, 0.05) is 60.9 Å². The van der Waals surface area contributed by atoms with Crippen molar-refractivity contribution in [1.29, 1.82) is 0 Å². The molecule has 0 saturated carbocycles. The van der Waals surface area contributed by atoms with E-state index in [4.69, 9.17) is 14.2 Å². The van der Waals surface area contributed by atoms with E-state index in [2.05, 4.69) is 22.9 Å². The molecule has 0 spiro atoms. The number of benzene rings is 1. The molecule has 2 aliphatic heterocycles. The van der Waals surface area contributed by atoms with Gasteiger partial charge in [-0.1, -0.05) is 6.42 Å². The van der Waals surface area contributed by atoms with E-state index in [1.807, 2.05) is 6.07 Å². The van der Waals surface area contributed by atoms with E-state index >= 15 is 0 Å². The van der Waals surface area contributed by atoms with E-state index < -0.39 is 0 Å². The number of H-pyrrole nitrogens is 1. The lowest BCUT2D eigenvalue weighted by molar-refractivity contribution is 0.00834. The van der Waals surface area contributed by atoms with Crippen LogP contribution >= 0.6 is 0 Å². The smallest absolute Gasteiger partial charge is 0.162 e. The minimum Gasteiger partial charge on any atom is -0.493 e. The third kappa shape index (κ3) is 3.49. The minimum absolute atomic E-state index is 0.160. The third-order valence-electron chi connectivity index (χ3n) is 7.54. The average Bonchev–Trinajstić information content (AvgIpc) is 3.11. The van der Waals surface area contributed by atoms with Crippen LogP contribution in [0, 0.1) is 5.92 Å². The first-order chi connectivity index (χ1) is 14.6. The van der Waals surface area contributed by atoms with Gasteiger partial charge in [0.1, 0.15) is 0 Å².